The number of sulfonamides is 1. The third-order valence-corrected chi connectivity index (χ3v) is 5.79. The van der Waals surface area contributed by atoms with Crippen LogP contribution in [0.5, 0.6) is 0 Å². The number of anilines is 1. The molecule has 1 saturated heterocycles. The second-order valence-corrected chi connectivity index (χ2v) is 8.79. The zero-order valence-corrected chi connectivity index (χ0v) is 16.0. The van der Waals surface area contributed by atoms with E-state index in [4.69, 9.17) is 0 Å². The SMILES string of the molecule is CC(C)C(=O)NS(=O)(=O)c1ccc(N2CC[C@@H](C(=O)C(C)C)C2)cc1. The lowest BCUT2D eigenvalue weighted by molar-refractivity contribution is -0.125. The molecule has 0 spiro atoms. The summed E-state index contributed by atoms with van der Waals surface area (Å²) < 4.78 is 26.5. The van der Waals surface area contributed by atoms with Gasteiger partial charge in [-0.2, -0.15) is 0 Å². The molecule has 1 amide bonds. The van der Waals surface area contributed by atoms with Crippen LogP contribution in [0.25, 0.3) is 0 Å². The van der Waals surface area contributed by atoms with Crippen LogP contribution in [0.2, 0.25) is 0 Å². The van der Waals surface area contributed by atoms with Gasteiger partial charge in [-0.05, 0) is 30.7 Å². The number of ketones is 1. The first-order valence-electron chi connectivity index (χ1n) is 8.57. The molecule has 6 nitrogen and oxygen atoms in total. The van der Waals surface area contributed by atoms with E-state index in [9.17, 15) is 18.0 Å². The van der Waals surface area contributed by atoms with Crippen molar-refractivity contribution in [3.05, 3.63) is 24.3 Å². The van der Waals surface area contributed by atoms with Gasteiger partial charge in [-0.25, -0.2) is 13.1 Å². The molecule has 1 aromatic carbocycles. The van der Waals surface area contributed by atoms with Crippen LogP contribution < -0.4 is 9.62 Å². The summed E-state index contributed by atoms with van der Waals surface area (Å²) in [7, 11) is -3.85. The molecule has 0 radical (unpaired) electrons. The fraction of sp³-hybridized carbons (Fsp3) is 0.556. The van der Waals surface area contributed by atoms with E-state index in [0.717, 1.165) is 18.7 Å². The first-order valence-corrected chi connectivity index (χ1v) is 10.1. The van der Waals surface area contributed by atoms with Crippen molar-refractivity contribution in [3.8, 4) is 0 Å². The van der Waals surface area contributed by atoms with Crippen LogP contribution in [0.3, 0.4) is 0 Å². The van der Waals surface area contributed by atoms with E-state index in [0.29, 0.717) is 6.54 Å². The second kappa shape index (κ2) is 7.56. The number of Topliss-reactive ketones (excluding diaryl/α,β-unsaturated/α-hetero) is 1. The fourth-order valence-corrected chi connectivity index (χ4v) is 3.96. The number of carbonyl (C=O) groups is 2. The Hall–Kier alpha value is -1.89. The van der Waals surface area contributed by atoms with E-state index < -0.39 is 21.8 Å². The molecule has 0 unspecified atom stereocenters. The van der Waals surface area contributed by atoms with Crippen LogP contribution in [-0.4, -0.2) is 33.2 Å². The Morgan fingerprint density at radius 3 is 2.20 bits per heavy atom. The van der Waals surface area contributed by atoms with Crippen molar-refractivity contribution in [2.75, 3.05) is 18.0 Å². The molecule has 1 aliphatic heterocycles. The van der Waals surface area contributed by atoms with Gasteiger partial charge in [-0.15, -0.1) is 0 Å². The molecule has 1 fully saturated rings. The van der Waals surface area contributed by atoms with Crippen molar-refractivity contribution in [2.24, 2.45) is 17.8 Å². The maximum atomic E-state index is 12.2. The zero-order chi connectivity index (χ0) is 18.8. The van der Waals surface area contributed by atoms with Crippen LogP contribution in [0.15, 0.2) is 29.2 Å². The minimum atomic E-state index is -3.85. The lowest BCUT2D eigenvalue weighted by Crippen LogP contribution is -2.33. The van der Waals surface area contributed by atoms with Gasteiger partial charge in [0.2, 0.25) is 5.91 Å². The molecule has 0 aliphatic carbocycles. The fourth-order valence-electron chi connectivity index (χ4n) is 2.84. The molecule has 1 atom stereocenters. The highest BCUT2D eigenvalue weighted by Crippen LogP contribution is 2.27. The van der Waals surface area contributed by atoms with Crippen LogP contribution in [0.4, 0.5) is 5.69 Å². The molecule has 1 N–H and O–H groups in total. The molecule has 1 heterocycles. The number of nitrogens with zero attached hydrogens (tertiary/aromatic N) is 1. The topological polar surface area (TPSA) is 83.6 Å². The monoisotopic (exact) mass is 366 g/mol. The smallest absolute Gasteiger partial charge is 0.264 e. The van der Waals surface area contributed by atoms with Crippen LogP contribution in [0.1, 0.15) is 34.1 Å². The summed E-state index contributed by atoms with van der Waals surface area (Å²) >= 11 is 0. The summed E-state index contributed by atoms with van der Waals surface area (Å²) in [6.07, 6.45) is 0.821. The van der Waals surface area contributed by atoms with Gasteiger partial charge >= 0.3 is 0 Å². The van der Waals surface area contributed by atoms with Crippen LogP contribution >= 0.6 is 0 Å². The quantitative estimate of drug-likeness (QED) is 0.834. The van der Waals surface area contributed by atoms with Gasteiger partial charge in [0, 0.05) is 36.5 Å². The standard InChI is InChI=1S/C18H26N2O4S/c1-12(2)17(21)14-9-10-20(11-14)15-5-7-16(8-6-15)25(23,24)19-18(22)13(3)4/h5-8,12-14H,9-11H2,1-4H3,(H,19,22)/t14-/m1/s1. The lowest BCUT2D eigenvalue weighted by atomic mass is 9.95. The van der Waals surface area contributed by atoms with E-state index in [2.05, 4.69) is 9.62 Å². The molecule has 7 heteroatoms. The lowest BCUT2D eigenvalue weighted by Gasteiger charge is -2.19. The zero-order valence-electron chi connectivity index (χ0n) is 15.2. The summed E-state index contributed by atoms with van der Waals surface area (Å²) in [5.74, 6) is -0.596. The van der Waals surface area contributed by atoms with E-state index in [1.54, 1.807) is 26.0 Å². The number of hydrogen-bond donors (Lipinski definition) is 1. The van der Waals surface area contributed by atoms with E-state index in [1.165, 1.54) is 12.1 Å². The van der Waals surface area contributed by atoms with E-state index >= 15 is 0 Å². The number of rotatable bonds is 6. The van der Waals surface area contributed by atoms with Gasteiger partial charge in [0.1, 0.15) is 5.78 Å². The molecule has 2 rings (SSSR count). The molecule has 138 valence electrons. The van der Waals surface area contributed by atoms with Gasteiger partial charge in [0.15, 0.2) is 0 Å². The highest BCUT2D eigenvalue weighted by atomic mass is 32.2. The average molecular weight is 366 g/mol. The first kappa shape index (κ1) is 19.4. The molecule has 25 heavy (non-hydrogen) atoms. The summed E-state index contributed by atoms with van der Waals surface area (Å²) in [4.78, 5) is 25.9. The van der Waals surface area contributed by atoms with E-state index in [1.807, 2.05) is 13.8 Å². The maximum absolute atomic E-state index is 12.2. The second-order valence-electron chi connectivity index (χ2n) is 7.11. The first-order chi connectivity index (χ1) is 11.6. The minimum absolute atomic E-state index is 0.0297. The Morgan fingerprint density at radius 1 is 1.08 bits per heavy atom. The summed E-state index contributed by atoms with van der Waals surface area (Å²) in [6.45, 7) is 8.53. The number of carbonyl (C=O) groups excluding carboxylic acids is 2. The van der Waals surface area contributed by atoms with Crippen molar-refractivity contribution >= 4 is 27.4 Å². The van der Waals surface area contributed by atoms with Crippen LogP contribution in [0, 0.1) is 17.8 Å². The van der Waals surface area contributed by atoms with E-state index in [-0.39, 0.29) is 22.5 Å². The van der Waals surface area contributed by atoms with Gasteiger partial charge in [-0.3, -0.25) is 9.59 Å². The maximum Gasteiger partial charge on any atom is 0.264 e. The van der Waals surface area contributed by atoms with Gasteiger partial charge < -0.3 is 4.90 Å². The number of hydrogen-bond acceptors (Lipinski definition) is 5. The average Bonchev–Trinajstić information content (AvgIpc) is 3.03. The summed E-state index contributed by atoms with van der Waals surface area (Å²) in [5, 5.41) is 0. The Bertz CT molecular complexity index is 739. The predicted octanol–water partition coefficient (Wildman–Crippen LogP) is 2.20. The Labute approximate surface area is 149 Å². The number of benzene rings is 1. The van der Waals surface area contributed by atoms with Crippen molar-refractivity contribution in [1.29, 1.82) is 0 Å². The Kier molecular flexibility index (Phi) is 5.87. The number of amides is 1. The normalized spacial score (nSPS) is 18.0. The minimum Gasteiger partial charge on any atom is -0.371 e. The third-order valence-electron chi connectivity index (χ3n) is 4.43. The van der Waals surface area contributed by atoms with Crippen molar-refractivity contribution in [3.63, 3.8) is 0 Å². The van der Waals surface area contributed by atoms with Crippen molar-refractivity contribution < 1.29 is 18.0 Å². The summed E-state index contributed by atoms with van der Waals surface area (Å²) in [6, 6.07) is 6.42. The van der Waals surface area contributed by atoms with Gasteiger partial charge in [0.25, 0.3) is 10.0 Å². The van der Waals surface area contributed by atoms with Gasteiger partial charge in [0.05, 0.1) is 4.90 Å². The molecule has 1 aliphatic rings. The molecule has 0 bridgehead atoms. The Morgan fingerprint density at radius 2 is 1.68 bits per heavy atom. The summed E-state index contributed by atoms with van der Waals surface area (Å²) in [5.41, 5.74) is 0.883. The molecule has 1 aromatic rings. The number of nitrogens with one attached hydrogen (secondary N) is 1. The third kappa shape index (κ3) is 4.60. The highest BCUT2D eigenvalue weighted by molar-refractivity contribution is 7.90. The van der Waals surface area contributed by atoms with Gasteiger partial charge in [-0.1, -0.05) is 27.7 Å². The van der Waals surface area contributed by atoms with Crippen LogP contribution in [-0.2, 0) is 19.6 Å². The highest BCUT2D eigenvalue weighted by Gasteiger charge is 2.29. The van der Waals surface area contributed by atoms with Crippen molar-refractivity contribution in [2.45, 2.75) is 39.0 Å². The molecule has 0 saturated carbocycles. The predicted molar refractivity (Wildman–Crippen MR) is 96.8 cm³/mol. The Balaban J connectivity index is 2.08. The molecular weight excluding hydrogens is 340 g/mol. The molecule has 0 aromatic heterocycles. The van der Waals surface area contributed by atoms with Crippen molar-refractivity contribution in [1.82, 2.24) is 4.72 Å². The largest absolute Gasteiger partial charge is 0.371 e. The molecular formula is C18H26N2O4S.